The molecule has 0 spiro atoms. The highest BCUT2D eigenvalue weighted by Crippen LogP contribution is 2.30. The fraction of sp³-hybridized carbons (Fsp3) is 0.400. The number of aryl methyl sites for hydroxylation is 2. The maximum Gasteiger partial charge on any atom is 0.196 e. The first-order valence-electron chi connectivity index (χ1n) is 9.20. The number of hydrogen-bond donors (Lipinski definition) is 0. The summed E-state index contributed by atoms with van der Waals surface area (Å²) in [6.07, 6.45) is 1.07. The molecular formula is C20H25N5OS2. The normalized spacial score (nSPS) is 12.2. The standard InChI is InChI=1S/C20H25N5OS2/c1-6-15(4)28-20-24-23-18(12-27-19-21-13(2)11-14(3)22-19)25(20)16-7-9-17(26-5)10-8-16/h7-11,15H,6,12H2,1-5H3. The Bertz CT molecular complexity index is 907. The Hall–Kier alpha value is -2.06. The highest BCUT2D eigenvalue weighted by Gasteiger charge is 2.17. The number of ether oxygens (including phenoxy) is 1. The lowest BCUT2D eigenvalue weighted by Gasteiger charge is -2.13. The van der Waals surface area contributed by atoms with Gasteiger partial charge in [0.25, 0.3) is 0 Å². The average molecular weight is 416 g/mol. The van der Waals surface area contributed by atoms with Crippen molar-refractivity contribution in [3.05, 3.63) is 47.5 Å². The quantitative estimate of drug-likeness (QED) is 0.384. The van der Waals surface area contributed by atoms with Crippen LogP contribution in [0.1, 0.15) is 37.5 Å². The Kier molecular flexibility index (Phi) is 6.96. The molecule has 3 aromatic rings. The maximum absolute atomic E-state index is 5.29. The van der Waals surface area contributed by atoms with E-state index in [0.29, 0.717) is 11.0 Å². The van der Waals surface area contributed by atoms with Gasteiger partial charge in [0.1, 0.15) is 11.6 Å². The molecule has 2 aromatic heterocycles. The summed E-state index contributed by atoms with van der Waals surface area (Å²) in [7, 11) is 1.67. The number of methoxy groups -OCH3 is 1. The third kappa shape index (κ3) is 5.05. The first kappa shape index (κ1) is 20.7. The molecule has 1 unspecified atom stereocenters. The van der Waals surface area contributed by atoms with Gasteiger partial charge in [-0.3, -0.25) is 4.57 Å². The van der Waals surface area contributed by atoms with Crippen molar-refractivity contribution in [1.29, 1.82) is 0 Å². The van der Waals surface area contributed by atoms with Crippen molar-refractivity contribution < 1.29 is 4.74 Å². The van der Waals surface area contributed by atoms with E-state index in [1.807, 2.05) is 44.2 Å². The lowest BCUT2D eigenvalue weighted by molar-refractivity contribution is 0.414. The molecule has 3 rings (SSSR count). The van der Waals surface area contributed by atoms with E-state index >= 15 is 0 Å². The summed E-state index contributed by atoms with van der Waals surface area (Å²) in [5.41, 5.74) is 2.97. The Morgan fingerprint density at radius 2 is 1.75 bits per heavy atom. The van der Waals surface area contributed by atoms with Gasteiger partial charge in [0.15, 0.2) is 10.3 Å². The van der Waals surface area contributed by atoms with Crippen molar-refractivity contribution in [3.63, 3.8) is 0 Å². The van der Waals surface area contributed by atoms with Crippen LogP contribution in [0.2, 0.25) is 0 Å². The van der Waals surface area contributed by atoms with E-state index in [1.165, 1.54) is 0 Å². The predicted octanol–water partition coefficient (Wildman–Crippen LogP) is 4.87. The van der Waals surface area contributed by atoms with Gasteiger partial charge in [-0.05, 0) is 50.6 Å². The molecule has 0 aliphatic rings. The molecule has 0 bridgehead atoms. The van der Waals surface area contributed by atoms with Crippen molar-refractivity contribution >= 4 is 23.5 Å². The number of benzene rings is 1. The minimum absolute atomic E-state index is 0.462. The number of thioether (sulfide) groups is 2. The summed E-state index contributed by atoms with van der Waals surface area (Å²) in [5, 5.41) is 11.1. The van der Waals surface area contributed by atoms with Crippen LogP contribution in [-0.4, -0.2) is 37.1 Å². The molecule has 28 heavy (non-hydrogen) atoms. The molecule has 0 fully saturated rings. The first-order valence-corrected chi connectivity index (χ1v) is 11.1. The molecule has 0 radical (unpaired) electrons. The Balaban J connectivity index is 1.90. The topological polar surface area (TPSA) is 65.7 Å². The van der Waals surface area contributed by atoms with Gasteiger partial charge in [-0.1, -0.05) is 37.4 Å². The largest absolute Gasteiger partial charge is 0.497 e. The molecular weight excluding hydrogens is 390 g/mol. The minimum Gasteiger partial charge on any atom is -0.497 e. The zero-order chi connectivity index (χ0) is 20.1. The Morgan fingerprint density at radius 3 is 2.36 bits per heavy atom. The number of aromatic nitrogens is 5. The molecule has 1 atom stereocenters. The van der Waals surface area contributed by atoms with Crippen LogP contribution < -0.4 is 4.74 Å². The lowest BCUT2D eigenvalue weighted by atomic mass is 10.3. The average Bonchev–Trinajstić information content (AvgIpc) is 3.08. The van der Waals surface area contributed by atoms with Crippen molar-refractivity contribution in [1.82, 2.24) is 24.7 Å². The van der Waals surface area contributed by atoms with Crippen LogP contribution in [0.5, 0.6) is 5.75 Å². The van der Waals surface area contributed by atoms with E-state index < -0.39 is 0 Å². The van der Waals surface area contributed by atoms with Gasteiger partial charge in [-0.2, -0.15) is 0 Å². The zero-order valence-electron chi connectivity index (χ0n) is 16.8. The summed E-state index contributed by atoms with van der Waals surface area (Å²) in [6, 6.07) is 9.95. The monoisotopic (exact) mass is 415 g/mol. The molecule has 8 heteroatoms. The Morgan fingerprint density at radius 1 is 1.07 bits per heavy atom. The van der Waals surface area contributed by atoms with Crippen molar-refractivity contribution in [2.24, 2.45) is 0 Å². The smallest absolute Gasteiger partial charge is 0.196 e. The molecule has 6 nitrogen and oxygen atoms in total. The van der Waals surface area contributed by atoms with E-state index in [-0.39, 0.29) is 0 Å². The summed E-state index contributed by atoms with van der Waals surface area (Å²) >= 11 is 3.32. The van der Waals surface area contributed by atoms with Crippen LogP contribution in [0.3, 0.4) is 0 Å². The third-order valence-electron chi connectivity index (χ3n) is 4.20. The Labute approximate surface area is 174 Å². The number of nitrogens with zero attached hydrogens (tertiary/aromatic N) is 5. The summed E-state index contributed by atoms with van der Waals surface area (Å²) in [4.78, 5) is 9.03. The third-order valence-corrected chi connectivity index (χ3v) is 6.26. The molecule has 2 heterocycles. The molecule has 0 saturated carbocycles. The summed E-state index contributed by atoms with van der Waals surface area (Å²) < 4.78 is 7.41. The number of hydrogen-bond acceptors (Lipinski definition) is 7. The highest BCUT2D eigenvalue weighted by molar-refractivity contribution is 7.99. The second kappa shape index (κ2) is 9.43. The fourth-order valence-electron chi connectivity index (χ4n) is 2.61. The highest BCUT2D eigenvalue weighted by atomic mass is 32.2. The molecule has 148 valence electrons. The van der Waals surface area contributed by atoms with Crippen LogP contribution in [0, 0.1) is 13.8 Å². The molecule has 0 saturated heterocycles. The molecule has 0 aliphatic heterocycles. The molecule has 0 amide bonds. The van der Waals surface area contributed by atoms with Crippen molar-refractivity contribution in [2.45, 2.75) is 55.4 Å². The van der Waals surface area contributed by atoms with Gasteiger partial charge in [0.2, 0.25) is 0 Å². The van der Waals surface area contributed by atoms with Gasteiger partial charge in [0, 0.05) is 22.3 Å². The summed E-state index contributed by atoms with van der Waals surface area (Å²) in [6.45, 7) is 8.36. The van der Waals surface area contributed by atoms with E-state index in [9.17, 15) is 0 Å². The van der Waals surface area contributed by atoms with Gasteiger partial charge in [0.05, 0.1) is 12.9 Å². The van der Waals surface area contributed by atoms with E-state index in [0.717, 1.165) is 45.4 Å². The lowest BCUT2D eigenvalue weighted by Crippen LogP contribution is -2.04. The van der Waals surface area contributed by atoms with Crippen molar-refractivity contribution in [3.8, 4) is 11.4 Å². The molecule has 0 aliphatic carbocycles. The van der Waals surface area contributed by atoms with E-state index in [4.69, 9.17) is 4.74 Å². The van der Waals surface area contributed by atoms with Crippen LogP contribution in [-0.2, 0) is 5.75 Å². The second-order valence-corrected chi connectivity index (χ2v) is 8.84. The van der Waals surface area contributed by atoms with Crippen LogP contribution >= 0.6 is 23.5 Å². The summed E-state index contributed by atoms with van der Waals surface area (Å²) in [5.74, 6) is 2.35. The van der Waals surface area contributed by atoms with Crippen molar-refractivity contribution in [2.75, 3.05) is 7.11 Å². The van der Waals surface area contributed by atoms with Gasteiger partial charge in [-0.25, -0.2) is 9.97 Å². The van der Waals surface area contributed by atoms with Gasteiger partial charge in [-0.15, -0.1) is 10.2 Å². The molecule has 0 N–H and O–H groups in total. The first-order chi connectivity index (χ1) is 13.5. The maximum atomic E-state index is 5.29. The fourth-order valence-corrected chi connectivity index (χ4v) is 4.40. The minimum atomic E-state index is 0.462. The number of rotatable bonds is 8. The van der Waals surface area contributed by atoms with Gasteiger partial charge < -0.3 is 4.74 Å². The van der Waals surface area contributed by atoms with Crippen LogP contribution in [0.4, 0.5) is 0 Å². The van der Waals surface area contributed by atoms with E-state index in [2.05, 4.69) is 38.6 Å². The second-order valence-electron chi connectivity index (χ2n) is 6.49. The van der Waals surface area contributed by atoms with Crippen LogP contribution in [0.25, 0.3) is 5.69 Å². The van der Waals surface area contributed by atoms with Crippen LogP contribution in [0.15, 0.2) is 40.6 Å². The predicted molar refractivity (Wildman–Crippen MR) is 115 cm³/mol. The SMILES string of the molecule is CCC(C)Sc1nnc(CSc2nc(C)cc(C)n2)n1-c1ccc(OC)cc1. The van der Waals surface area contributed by atoms with Gasteiger partial charge >= 0.3 is 0 Å². The zero-order valence-corrected chi connectivity index (χ0v) is 18.5. The van der Waals surface area contributed by atoms with E-state index in [1.54, 1.807) is 30.6 Å². The molecule has 1 aromatic carbocycles.